The summed E-state index contributed by atoms with van der Waals surface area (Å²) in [6.07, 6.45) is 2.25. The molecular formula is C14H16FN3. The fourth-order valence-electron chi connectivity index (χ4n) is 3.10. The Morgan fingerprint density at radius 2 is 2.28 bits per heavy atom. The maximum absolute atomic E-state index is 14.0. The molecule has 3 nitrogen and oxygen atoms in total. The van der Waals surface area contributed by atoms with E-state index in [0.29, 0.717) is 23.2 Å². The molecule has 2 unspecified atom stereocenters. The van der Waals surface area contributed by atoms with Gasteiger partial charge in [0, 0.05) is 19.1 Å². The molecule has 4 heteroatoms. The Morgan fingerprint density at radius 3 is 3.06 bits per heavy atom. The van der Waals surface area contributed by atoms with Crippen molar-refractivity contribution in [2.75, 3.05) is 24.5 Å². The average molecular weight is 245 g/mol. The molecule has 0 radical (unpaired) electrons. The highest BCUT2D eigenvalue weighted by atomic mass is 19.1. The van der Waals surface area contributed by atoms with Gasteiger partial charge in [0.15, 0.2) is 0 Å². The number of nitrogens with one attached hydrogen (secondary N) is 1. The van der Waals surface area contributed by atoms with E-state index in [9.17, 15) is 4.39 Å². The molecule has 2 aliphatic heterocycles. The summed E-state index contributed by atoms with van der Waals surface area (Å²) in [6.45, 7) is 2.89. The Balaban J connectivity index is 1.81. The van der Waals surface area contributed by atoms with E-state index in [2.05, 4.69) is 10.2 Å². The van der Waals surface area contributed by atoms with E-state index in [4.69, 9.17) is 5.26 Å². The van der Waals surface area contributed by atoms with Crippen LogP contribution in [0.2, 0.25) is 0 Å². The van der Waals surface area contributed by atoms with Crippen LogP contribution in [0.3, 0.4) is 0 Å². The molecule has 1 N–H and O–H groups in total. The number of nitrogens with zero attached hydrogens (tertiary/aromatic N) is 2. The van der Waals surface area contributed by atoms with Gasteiger partial charge in [0.2, 0.25) is 0 Å². The number of piperidine rings is 1. The van der Waals surface area contributed by atoms with E-state index in [-0.39, 0.29) is 5.82 Å². The van der Waals surface area contributed by atoms with Gasteiger partial charge in [-0.05, 0) is 43.5 Å². The van der Waals surface area contributed by atoms with Gasteiger partial charge in [-0.1, -0.05) is 0 Å². The van der Waals surface area contributed by atoms with Crippen molar-refractivity contribution in [1.82, 2.24) is 5.32 Å². The average Bonchev–Trinajstić information content (AvgIpc) is 2.85. The third kappa shape index (κ3) is 1.95. The smallest absolute Gasteiger partial charge is 0.147 e. The lowest BCUT2D eigenvalue weighted by Crippen LogP contribution is -2.44. The number of hydrogen-bond acceptors (Lipinski definition) is 3. The maximum atomic E-state index is 14.0. The van der Waals surface area contributed by atoms with Crippen LogP contribution in [0.15, 0.2) is 18.2 Å². The molecule has 2 fully saturated rings. The highest BCUT2D eigenvalue weighted by Gasteiger charge is 2.33. The SMILES string of the molecule is N#Cc1ccc(N2CCC3NCCC3C2)c(F)c1. The van der Waals surface area contributed by atoms with E-state index in [1.165, 1.54) is 12.5 Å². The molecule has 0 spiro atoms. The van der Waals surface area contributed by atoms with Crippen LogP contribution in [0.1, 0.15) is 18.4 Å². The molecule has 0 aromatic heterocycles. The summed E-state index contributed by atoms with van der Waals surface area (Å²) in [7, 11) is 0. The number of fused-ring (bicyclic) bond motifs is 1. The van der Waals surface area contributed by atoms with Crippen molar-refractivity contribution in [2.45, 2.75) is 18.9 Å². The van der Waals surface area contributed by atoms with Crippen LogP contribution in [0, 0.1) is 23.1 Å². The monoisotopic (exact) mass is 245 g/mol. The first-order chi connectivity index (χ1) is 8.78. The van der Waals surface area contributed by atoms with Crippen molar-refractivity contribution < 1.29 is 4.39 Å². The van der Waals surface area contributed by atoms with Crippen molar-refractivity contribution in [3.05, 3.63) is 29.6 Å². The molecule has 0 bridgehead atoms. The summed E-state index contributed by atoms with van der Waals surface area (Å²) in [4.78, 5) is 2.12. The van der Waals surface area contributed by atoms with Crippen molar-refractivity contribution in [2.24, 2.45) is 5.92 Å². The second-order valence-corrected chi connectivity index (χ2v) is 5.12. The molecule has 0 saturated carbocycles. The summed E-state index contributed by atoms with van der Waals surface area (Å²) in [5.41, 5.74) is 1.02. The standard InChI is InChI=1S/C14H16FN3/c15-12-7-10(8-16)1-2-14(12)18-6-4-13-11(9-18)3-5-17-13/h1-2,7,11,13,17H,3-6,9H2. The van der Waals surface area contributed by atoms with Gasteiger partial charge in [-0.2, -0.15) is 5.26 Å². The minimum atomic E-state index is -0.279. The Labute approximate surface area is 106 Å². The second-order valence-electron chi connectivity index (χ2n) is 5.12. The predicted octanol–water partition coefficient (Wildman–Crippen LogP) is 1.89. The van der Waals surface area contributed by atoms with Crippen LogP contribution in [-0.4, -0.2) is 25.7 Å². The van der Waals surface area contributed by atoms with Crippen LogP contribution >= 0.6 is 0 Å². The first kappa shape index (κ1) is 11.5. The molecule has 0 amide bonds. The lowest BCUT2D eigenvalue weighted by molar-refractivity contribution is 0.374. The maximum Gasteiger partial charge on any atom is 0.147 e. The highest BCUT2D eigenvalue weighted by Crippen LogP contribution is 2.29. The molecule has 2 aliphatic rings. The van der Waals surface area contributed by atoms with Gasteiger partial charge in [0.1, 0.15) is 5.82 Å². The summed E-state index contributed by atoms with van der Waals surface area (Å²) in [5, 5.41) is 12.2. The minimum Gasteiger partial charge on any atom is -0.369 e. The molecule has 1 aromatic rings. The van der Waals surface area contributed by atoms with Crippen LogP contribution in [-0.2, 0) is 0 Å². The van der Waals surface area contributed by atoms with E-state index < -0.39 is 0 Å². The van der Waals surface area contributed by atoms with Crippen molar-refractivity contribution in [3.63, 3.8) is 0 Å². The lowest BCUT2D eigenvalue weighted by Gasteiger charge is -2.36. The number of hydrogen-bond donors (Lipinski definition) is 1. The van der Waals surface area contributed by atoms with Crippen molar-refractivity contribution in [1.29, 1.82) is 5.26 Å². The number of halogens is 1. The molecule has 1 aromatic carbocycles. The van der Waals surface area contributed by atoms with Gasteiger partial charge in [-0.15, -0.1) is 0 Å². The van der Waals surface area contributed by atoms with Gasteiger partial charge < -0.3 is 10.2 Å². The number of benzene rings is 1. The molecule has 3 rings (SSSR count). The normalized spacial score (nSPS) is 26.8. The van der Waals surface area contributed by atoms with Crippen LogP contribution in [0.25, 0.3) is 0 Å². The molecule has 18 heavy (non-hydrogen) atoms. The minimum absolute atomic E-state index is 0.279. The Kier molecular flexibility index (Phi) is 2.92. The van der Waals surface area contributed by atoms with Gasteiger partial charge in [0.05, 0.1) is 17.3 Å². The second kappa shape index (κ2) is 4.58. The Bertz CT molecular complexity index is 494. The lowest BCUT2D eigenvalue weighted by atomic mass is 9.93. The van der Waals surface area contributed by atoms with E-state index in [1.54, 1.807) is 12.1 Å². The highest BCUT2D eigenvalue weighted by molar-refractivity contribution is 5.51. The number of rotatable bonds is 1. The number of nitriles is 1. The van der Waals surface area contributed by atoms with Gasteiger partial charge >= 0.3 is 0 Å². The van der Waals surface area contributed by atoms with Crippen molar-refractivity contribution in [3.8, 4) is 6.07 Å². The fourth-order valence-corrected chi connectivity index (χ4v) is 3.10. The molecule has 2 heterocycles. The van der Waals surface area contributed by atoms with Crippen LogP contribution in [0.4, 0.5) is 10.1 Å². The van der Waals surface area contributed by atoms with E-state index in [0.717, 1.165) is 26.1 Å². The van der Waals surface area contributed by atoms with Gasteiger partial charge in [-0.25, -0.2) is 4.39 Å². The fraction of sp³-hybridized carbons (Fsp3) is 0.500. The topological polar surface area (TPSA) is 39.1 Å². The molecule has 2 saturated heterocycles. The van der Waals surface area contributed by atoms with Gasteiger partial charge in [-0.3, -0.25) is 0 Å². The zero-order valence-corrected chi connectivity index (χ0v) is 10.2. The summed E-state index contributed by atoms with van der Waals surface area (Å²) >= 11 is 0. The number of anilines is 1. The first-order valence-electron chi connectivity index (χ1n) is 6.46. The molecule has 0 aliphatic carbocycles. The zero-order chi connectivity index (χ0) is 12.5. The zero-order valence-electron chi connectivity index (χ0n) is 10.2. The van der Waals surface area contributed by atoms with Gasteiger partial charge in [0.25, 0.3) is 0 Å². The third-order valence-corrected chi connectivity index (χ3v) is 4.07. The summed E-state index contributed by atoms with van der Waals surface area (Å²) in [6, 6.07) is 7.33. The van der Waals surface area contributed by atoms with Crippen molar-refractivity contribution >= 4 is 5.69 Å². The summed E-state index contributed by atoms with van der Waals surface area (Å²) in [5.74, 6) is 0.354. The molecule has 2 atom stereocenters. The van der Waals surface area contributed by atoms with E-state index >= 15 is 0 Å². The van der Waals surface area contributed by atoms with Crippen LogP contribution < -0.4 is 10.2 Å². The Morgan fingerprint density at radius 1 is 1.39 bits per heavy atom. The quantitative estimate of drug-likeness (QED) is 0.821. The Hall–Kier alpha value is -1.60. The predicted molar refractivity (Wildman–Crippen MR) is 67.8 cm³/mol. The largest absolute Gasteiger partial charge is 0.369 e. The van der Waals surface area contributed by atoms with E-state index in [1.807, 2.05) is 6.07 Å². The molecular weight excluding hydrogens is 229 g/mol. The van der Waals surface area contributed by atoms with Crippen LogP contribution in [0.5, 0.6) is 0 Å². The first-order valence-corrected chi connectivity index (χ1v) is 6.46. The molecule has 94 valence electrons. The third-order valence-electron chi connectivity index (χ3n) is 4.07. The summed E-state index contributed by atoms with van der Waals surface area (Å²) < 4.78 is 14.0.